The molecule has 0 amide bonds. The second kappa shape index (κ2) is 8.97. The van der Waals surface area contributed by atoms with Crippen LogP contribution in [-0.4, -0.2) is 75.0 Å². The van der Waals surface area contributed by atoms with Crippen LogP contribution >= 0.6 is 0 Å². The molecular weight excluding hydrogens is 274 g/mol. The van der Waals surface area contributed by atoms with Crippen molar-refractivity contribution in [1.82, 2.24) is 9.80 Å². The van der Waals surface area contributed by atoms with E-state index in [2.05, 4.69) is 9.80 Å². The van der Waals surface area contributed by atoms with E-state index >= 15 is 0 Å². The molecule has 5 nitrogen and oxygen atoms in total. The molecule has 120 valence electrons. The van der Waals surface area contributed by atoms with Crippen LogP contribution in [0.3, 0.4) is 0 Å². The van der Waals surface area contributed by atoms with Gasteiger partial charge in [0, 0.05) is 19.6 Å². The Morgan fingerprint density at radius 1 is 1.00 bits per heavy atom. The number of hydrogen-bond donors (Lipinski definition) is 1. The number of sulfone groups is 1. The van der Waals surface area contributed by atoms with Crippen molar-refractivity contribution < 1.29 is 8.42 Å². The summed E-state index contributed by atoms with van der Waals surface area (Å²) in [5, 5.41) is -0.262. The second-order valence-electron chi connectivity index (χ2n) is 5.95. The highest BCUT2D eigenvalue weighted by Gasteiger charge is 2.19. The summed E-state index contributed by atoms with van der Waals surface area (Å²) in [6.45, 7) is 10.3. The van der Waals surface area contributed by atoms with Crippen LogP contribution in [0.1, 0.15) is 33.1 Å². The number of rotatable bonds is 8. The Bertz CT molecular complexity index is 357. The van der Waals surface area contributed by atoms with Crippen LogP contribution in [-0.2, 0) is 9.84 Å². The zero-order valence-electron chi connectivity index (χ0n) is 13.1. The van der Waals surface area contributed by atoms with Gasteiger partial charge in [-0.15, -0.1) is 0 Å². The summed E-state index contributed by atoms with van der Waals surface area (Å²) in [6.07, 6.45) is 3.38. The molecule has 0 aliphatic carbocycles. The van der Waals surface area contributed by atoms with E-state index in [1.807, 2.05) is 0 Å². The fraction of sp³-hybridized carbons (Fsp3) is 1.00. The van der Waals surface area contributed by atoms with Crippen molar-refractivity contribution in [2.75, 3.05) is 51.6 Å². The van der Waals surface area contributed by atoms with Crippen molar-refractivity contribution in [2.45, 2.75) is 38.4 Å². The Kier molecular flexibility index (Phi) is 8.02. The van der Waals surface area contributed by atoms with E-state index in [0.717, 1.165) is 58.5 Å². The summed E-state index contributed by atoms with van der Waals surface area (Å²) in [5.74, 6) is 0.290. The molecule has 1 aliphatic heterocycles. The van der Waals surface area contributed by atoms with Crippen molar-refractivity contribution in [3.05, 3.63) is 0 Å². The molecule has 0 unspecified atom stereocenters. The highest BCUT2D eigenvalue weighted by molar-refractivity contribution is 7.92. The minimum Gasteiger partial charge on any atom is -0.330 e. The Labute approximate surface area is 124 Å². The van der Waals surface area contributed by atoms with Gasteiger partial charge in [-0.3, -0.25) is 0 Å². The van der Waals surface area contributed by atoms with Gasteiger partial charge in [-0.2, -0.15) is 0 Å². The van der Waals surface area contributed by atoms with Crippen molar-refractivity contribution in [3.8, 4) is 0 Å². The van der Waals surface area contributed by atoms with Gasteiger partial charge in [-0.1, -0.05) is 0 Å². The van der Waals surface area contributed by atoms with Crippen molar-refractivity contribution >= 4 is 9.84 Å². The first-order valence-corrected chi connectivity index (χ1v) is 9.53. The van der Waals surface area contributed by atoms with E-state index in [4.69, 9.17) is 5.73 Å². The highest BCUT2D eigenvalue weighted by Crippen LogP contribution is 2.07. The maximum Gasteiger partial charge on any atom is 0.153 e. The van der Waals surface area contributed by atoms with Gasteiger partial charge in [0.25, 0.3) is 0 Å². The minimum atomic E-state index is -2.91. The molecule has 0 saturated carbocycles. The molecular formula is C14H31N3O2S. The summed E-state index contributed by atoms with van der Waals surface area (Å²) < 4.78 is 23.7. The highest BCUT2D eigenvalue weighted by atomic mass is 32.2. The lowest BCUT2D eigenvalue weighted by molar-refractivity contribution is 0.260. The van der Waals surface area contributed by atoms with Gasteiger partial charge in [0.2, 0.25) is 0 Å². The molecule has 0 atom stereocenters. The van der Waals surface area contributed by atoms with Gasteiger partial charge in [0.15, 0.2) is 9.84 Å². The summed E-state index contributed by atoms with van der Waals surface area (Å²) in [7, 11) is -2.91. The number of hydrogen-bond acceptors (Lipinski definition) is 5. The van der Waals surface area contributed by atoms with E-state index in [1.54, 1.807) is 13.8 Å². The number of nitrogens with zero attached hydrogens (tertiary/aromatic N) is 2. The summed E-state index contributed by atoms with van der Waals surface area (Å²) in [6, 6.07) is 0. The van der Waals surface area contributed by atoms with Crippen LogP contribution in [0.15, 0.2) is 0 Å². The monoisotopic (exact) mass is 305 g/mol. The molecule has 0 aromatic heterocycles. The van der Waals surface area contributed by atoms with E-state index in [9.17, 15) is 8.42 Å². The quantitative estimate of drug-likeness (QED) is 0.664. The maximum atomic E-state index is 11.8. The van der Waals surface area contributed by atoms with Gasteiger partial charge in [0.1, 0.15) is 0 Å². The molecule has 0 bridgehead atoms. The minimum absolute atomic E-state index is 0.262. The van der Waals surface area contributed by atoms with E-state index in [-0.39, 0.29) is 11.0 Å². The van der Waals surface area contributed by atoms with Crippen LogP contribution in [0.4, 0.5) is 0 Å². The molecule has 2 N–H and O–H groups in total. The van der Waals surface area contributed by atoms with E-state index in [1.165, 1.54) is 0 Å². The lowest BCUT2D eigenvalue weighted by Gasteiger charge is -2.22. The molecule has 1 aliphatic rings. The topological polar surface area (TPSA) is 66.6 Å². The van der Waals surface area contributed by atoms with Gasteiger partial charge in [0.05, 0.1) is 11.0 Å². The molecule has 0 spiro atoms. The average Bonchev–Trinajstić information content (AvgIpc) is 2.62. The smallest absolute Gasteiger partial charge is 0.153 e. The predicted octanol–water partition coefficient (Wildman–Crippen LogP) is 0.556. The SMILES string of the molecule is CC(C)S(=O)(=O)CCN1CCCN(CCCCN)CC1. The zero-order valence-corrected chi connectivity index (χ0v) is 13.9. The molecule has 0 radical (unpaired) electrons. The predicted molar refractivity (Wildman–Crippen MR) is 84.7 cm³/mol. The van der Waals surface area contributed by atoms with Crippen LogP contribution in [0.5, 0.6) is 0 Å². The van der Waals surface area contributed by atoms with Crippen molar-refractivity contribution in [2.24, 2.45) is 5.73 Å². The van der Waals surface area contributed by atoms with Crippen molar-refractivity contribution in [3.63, 3.8) is 0 Å². The number of unbranched alkanes of at least 4 members (excludes halogenated alkanes) is 1. The Morgan fingerprint density at radius 3 is 2.15 bits per heavy atom. The second-order valence-corrected chi connectivity index (χ2v) is 8.63. The maximum absolute atomic E-state index is 11.8. The molecule has 1 heterocycles. The van der Waals surface area contributed by atoms with Gasteiger partial charge in [-0.05, 0) is 59.3 Å². The third-order valence-electron chi connectivity index (χ3n) is 4.02. The first-order chi connectivity index (χ1) is 9.45. The Balaban J connectivity index is 2.30. The molecule has 0 aromatic carbocycles. The first-order valence-electron chi connectivity index (χ1n) is 7.82. The number of nitrogens with two attached hydrogens (primary N) is 1. The molecule has 20 heavy (non-hydrogen) atoms. The van der Waals surface area contributed by atoms with Crippen LogP contribution in [0.25, 0.3) is 0 Å². The third kappa shape index (κ3) is 6.52. The lowest BCUT2D eigenvalue weighted by atomic mass is 10.3. The van der Waals surface area contributed by atoms with Crippen LogP contribution < -0.4 is 5.73 Å². The van der Waals surface area contributed by atoms with Crippen molar-refractivity contribution in [1.29, 1.82) is 0 Å². The van der Waals surface area contributed by atoms with E-state index in [0.29, 0.717) is 6.54 Å². The molecule has 1 saturated heterocycles. The van der Waals surface area contributed by atoms with E-state index < -0.39 is 9.84 Å². The Morgan fingerprint density at radius 2 is 1.60 bits per heavy atom. The summed E-state index contributed by atoms with van der Waals surface area (Å²) >= 11 is 0. The fourth-order valence-corrected chi connectivity index (χ4v) is 3.43. The lowest BCUT2D eigenvalue weighted by Crippen LogP contribution is -2.35. The summed E-state index contributed by atoms with van der Waals surface area (Å²) in [5.41, 5.74) is 5.52. The molecule has 0 aromatic rings. The standard InChI is InChI=1S/C14H31N3O2S/c1-14(2)20(18,19)13-12-17-9-5-8-16(10-11-17)7-4-3-6-15/h14H,3-13,15H2,1-2H3. The Hall–Kier alpha value is -0.170. The average molecular weight is 305 g/mol. The molecule has 1 fully saturated rings. The summed E-state index contributed by atoms with van der Waals surface area (Å²) in [4.78, 5) is 4.77. The zero-order chi connectivity index (χ0) is 15.0. The molecule has 1 rings (SSSR count). The van der Waals surface area contributed by atoms with Crippen LogP contribution in [0, 0.1) is 0 Å². The van der Waals surface area contributed by atoms with Gasteiger partial charge >= 0.3 is 0 Å². The third-order valence-corrected chi connectivity index (χ3v) is 6.21. The van der Waals surface area contributed by atoms with Crippen LogP contribution in [0.2, 0.25) is 0 Å². The largest absolute Gasteiger partial charge is 0.330 e. The molecule has 6 heteroatoms. The van der Waals surface area contributed by atoms with Gasteiger partial charge in [-0.25, -0.2) is 8.42 Å². The van der Waals surface area contributed by atoms with Gasteiger partial charge < -0.3 is 15.5 Å². The first kappa shape index (κ1) is 17.9. The normalized spacial score (nSPS) is 19.4. The fourth-order valence-electron chi connectivity index (χ4n) is 2.44.